The number of nitrogens with zero attached hydrogens (tertiary/aromatic N) is 2. The number of alkyl halides is 4. The number of nitrogens with one attached hydrogen (secondary N) is 1. The van der Waals surface area contributed by atoms with Crippen LogP contribution in [0.2, 0.25) is 0 Å². The smallest absolute Gasteiger partial charge is 0.280 e. The zero-order valence-electron chi connectivity index (χ0n) is 19.1. The number of hydrogen-bond acceptors (Lipinski definition) is 3. The van der Waals surface area contributed by atoms with Crippen LogP contribution in [-0.4, -0.2) is 29.6 Å². The fourth-order valence-electron chi connectivity index (χ4n) is 4.12. The van der Waals surface area contributed by atoms with E-state index >= 15 is 0 Å². The second-order valence-corrected chi connectivity index (χ2v) is 11.9. The summed E-state index contributed by atoms with van der Waals surface area (Å²) in [5.74, 6) is 0. The van der Waals surface area contributed by atoms with Crippen molar-refractivity contribution >= 4 is 20.9 Å². The first-order valence-corrected chi connectivity index (χ1v) is 12.6. The second-order valence-electron chi connectivity index (χ2n) is 9.92. The molecule has 1 saturated carbocycles. The van der Waals surface area contributed by atoms with Gasteiger partial charge in [-0.2, -0.15) is 0 Å². The van der Waals surface area contributed by atoms with Crippen molar-refractivity contribution in [3.8, 4) is 11.1 Å². The summed E-state index contributed by atoms with van der Waals surface area (Å²) in [5.41, 5.74) is 0.856. The molecule has 5 nitrogen and oxygen atoms in total. The van der Waals surface area contributed by atoms with Crippen molar-refractivity contribution in [1.82, 2.24) is 14.3 Å². The first-order valence-electron chi connectivity index (χ1n) is 11.0. The molecule has 1 fully saturated rings. The number of hydrogen-bond donors (Lipinski definition) is 1. The van der Waals surface area contributed by atoms with Gasteiger partial charge < -0.3 is 4.57 Å². The molecular weight excluding hydrogens is 470 g/mol. The lowest BCUT2D eigenvalue weighted by Gasteiger charge is -2.20. The first kappa shape index (κ1) is 24.7. The Hall–Kier alpha value is -2.46. The van der Waals surface area contributed by atoms with Gasteiger partial charge in [0.1, 0.15) is 11.7 Å². The van der Waals surface area contributed by atoms with Crippen LogP contribution in [0.4, 0.5) is 17.6 Å². The fourth-order valence-corrected chi connectivity index (χ4v) is 5.65. The van der Waals surface area contributed by atoms with Gasteiger partial charge in [-0.3, -0.25) is 4.98 Å². The van der Waals surface area contributed by atoms with E-state index in [9.17, 15) is 26.0 Å². The predicted molar refractivity (Wildman–Crippen MR) is 123 cm³/mol. The van der Waals surface area contributed by atoms with E-state index in [-0.39, 0.29) is 22.2 Å². The molecule has 1 aliphatic carbocycles. The van der Waals surface area contributed by atoms with Gasteiger partial charge in [-0.25, -0.2) is 30.7 Å². The molecular formula is C24H27F4N3O2S. The van der Waals surface area contributed by atoms with Crippen molar-refractivity contribution in [3.05, 3.63) is 54.0 Å². The van der Waals surface area contributed by atoms with Crippen LogP contribution in [0.5, 0.6) is 0 Å². The third-order valence-electron chi connectivity index (χ3n) is 5.76. The molecule has 0 amide bonds. The Kier molecular flexibility index (Phi) is 6.50. The number of benzene rings is 1. The van der Waals surface area contributed by atoms with Gasteiger partial charge in [0.15, 0.2) is 0 Å². The molecule has 34 heavy (non-hydrogen) atoms. The van der Waals surface area contributed by atoms with E-state index in [0.717, 1.165) is 0 Å². The summed E-state index contributed by atoms with van der Waals surface area (Å²) < 4.78 is 84.3. The van der Waals surface area contributed by atoms with Crippen LogP contribution < -0.4 is 4.72 Å². The van der Waals surface area contributed by atoms with Crippen LogP contribution in [-0.2, 0) is 16.6 Å². The molecule has 2 aromatic heterocycles. The van der Waals surface area contributed by atoms with E-state index in [2.05, 4.69) is 9.71 Å². The molecule has 1 N–H and O–H groups in total. The zero-order valence-corrected chi connectivity index (χ0v) is 19.9. The molecule has 0 spiro atoms. The molecule has 1 aromatic carbocycles. The maximum atomic E-state index is 14.1. The van der Waals surface area contributed by atoms with E-state index in [1.807, 2.05) is 20.8 Å². The average molecular weight is 498 g/mol. The van der Waals surface area contributed by atoms with Crippen LogP contribution >= 0.6 is 0 Å². The molecule has 1 atom stereocenters. The molecule has 1 unspecified atom stereocenters. The van der Waals surface area contributed by atoms with Crippen molar-refractivity contribution in [2.24, 2.45) is 5.41 Å². The lowest BCUT2D eigenvalue weighted by molar-refractivity contribution is 0.109. The van der Waals surface area contributed by atoms with E-state index in [1.165, 1.54) is 6.20 Å². The minimum atomic E-state index is -3.87. The normalized spacial score (nSPS) is 16.0. The van der Waals surface area contributed by atoms with Gasteiger partial charge in [0.05, 0.1) is 5.25 Å². The first-order chi connectivity index (χ1) is 15.9. The van der Waals surface area contributed by atoms with Gasteiger partial charge in [0.2, 0.25) is 10.0 Å². The van der Waals surface area contributed by atoms with Crippen molar-refractivity contribution in [1.29, 1.82) is 0 Å². The van der Waals surface area contributed by atoms with Crippen LogP contribution in [0.15, 0.2) is 42.7 Å². The van der Waals surface area contributed by atoms with E-state index in [4.69, 9.17) is 0 Å². The Morgan fingerprint density at radius 3 is 2.44 bits per heavy atom. The monoisotopic (exact) mass is 497 g/mol. The highest BCUT2D eigenvalue weighted by Crippen LogP contribution is 2.38. The van der Waals surface area contributed by atoms with Crippen molar-refractivity contribution < 1.29 is 26.0 Å². The van der Waals surface area contributed by atoms with Crippen LogP contribution in [0.25, 0.3) is 22.0 Å². The highest BCUT2D eigenvalue weighted by molar-refractivity contribution is 7.90. The third-order valence-corrected chi connectivity index (χ3v) is 7.69. The Labute approximate surface area is 196 Å². The Balaban J connectivity index is 1.87. The summed E-state index contributed by atoms with van der Waals surface area (Å²) in [5, 5.41) is -0.194. The number of halogens is 4. The SMILES string of the molecule is CC(C)(C)Cn1cc(C(NS(=O)(=O)C2CC2)C(F)F)c2ccc(-c3cccnc3C(F)F)cc21. The summed E-state index contributed by atoms with van der Waals surface area (Å²) in [4.78, 5) is 3.80. The number of rotatable bonds is 8. The number of pyridine rings is 1. The predicted octanol–water partition coefficient (Wildman–Crippen LogP) is 6.08. The molecule has 3 aromatic rings. The average Bonchev–Trinajstić information content (AvgIpc) is 3.56. The highest BCUT2D eigenvalue weighted by atomic mass is 32.2. The van der Waals surface area contributed by atoms with E-state index in [1.54, 1.807) is 41.1 Å². The van der Waals surface area contributed by atoms with Crippen LogP contribution in [0, 0.1) is 5.41 Å². The number of sulfonamides is 1. The largest absolute Gasteiger partial charge is 0.347 e. The van der Waals surface area contributed by atoms with Crippen LogP contribution in [0.3, 0.4) is 0 Å². The minimum absolute atomic E-state index is 0.158. The lowest BCUT2D eigenvalue weighted by Crippen LogP contribution is -2.35. The summed E-state index contributed by atoms with van der Waals surface area (Å²) >= 11 is 0. The van der Waals surface area contributed by atoms with Gasteiger partial charge >= 0.3 is 0 Å². The fraction of sp³-hybridized carbons (Fsp3) is 0.458. The molecule has 0 bridgehead atoms. The Bertz CT molecular complexity index is 1300. The minimum Gasteiger partial charge on any atom is -0.347 e. The van der Waals surface area contributed by atoms with E-state index in [0.29, 0.717) is 35.9 Å². The standard InChI is InChI=1S/C24H27F4N3O2S/c1-24(2,3)13-31-12-18(21(23(27)28)30-34(32,33)15-7-8-15)17-9-6-14(11-19(17)31)16-5-4-10-29-20(16)22(25)26/h4-6,9-12,15,21-23,30H,7-8,13H2,1-3H3. The van der Waals surface area contributed by atoms with Crippen molar-refractivity contribution in [2.45, 2.75) is 64.3 Å². The maximum Gasteiger partial charge on any atom is 0.280 e. The quantitative estimate of drug-likeness (QED) is 0.384. The lowest BCUT2D eigenvalue weighted by atomic mass is 9.96. The molecule has 4 rings (SSSR count). The summed E-state index contributed by atoms with van der Waals surface area (Å²) in [6, 6.07) is 6.22. The van der Waals surface area contributed by atoms with Gasteiger partial charge in [-0.1, -0.05) is 39.0 Å². The Morgan fingerprint density at radius 2 is 1.85 bits per heavy atom. The topological polar surface area (TPSA) is 64.0 Å². The molecule has 10 heteroatoms. The molecule has 184 valence electrons. The molecule has 2 heterocycles. The summed E-state index contributed by atoms with van der Waals surface area (Å²) in [7, 11) is -3.87. The van der Waals surface area contributed by atoms with E-state index < -0.39 is 34.2 Å². The third kappa shape index (κ3) is 5.12. The van der Waals surface area contributed by atoms with Gasteiger partial charge in [-0.15, -0.1) is 0 Å². The van der Waals surface area contributed by atoms with Gasteiger partial charge in [-0.05, 0) is 36.0 Å². The Morgan fingerprint density at radius 1 is 1.15 bits per heavy atom. The molecule has 1 aliphatic rings. The number of fused-ring (bicyclic) bond motifs is 1. The molecule has 0 saturated heterocycles. The molecule has 0 radical (unpaired) electrons. The van der Waals surface area contributed by atoms with Crippen molar-refractivity contribution in [3.63, 3.8) is 0 Å². The van der Waals surface area contributed by atoms with Gasteiger partial charge in [0.25, 0.3) is 12.9 Å². The van der Waals surface area contributed by atoms with Crippen molar-refractivity contribution in [2.75, 3.05) is 0 Å². The zero-order chi connectivity index (χ0) is 24.8. The van der Waals surface area contributed by atoms with Crippen LogP contribution in [0.1, 0.15) is 57.3 Å². The molecule has 0 aliphatic heterocycles. The second kappa shape index (κ2) is 8.96. The maximum absolute atomic E-state index is 14.1. The number of aromatic nitrogens is 2. The highest BCUT2D eigenvalue weighted by Gasteiger charge is 2.40. The van der Waals surface area contributed by atoms with Gasteiger partial charge in [0, 0.05) is 41.0 Å². The summed E-state index contributed by atoms with van der Waals surface area (Å²) in [6.07, 6.45) is -1.99. The summed E-state index contributed by atoms with van der Waals surface area (Å²) in [6.45, 7) is 6.41.